The van der Waals surface area contributed by atoms with Crippen LogP contribution in [0.15, 0.2) is 0 Å². The molecule has 1 saturated heterocycles. The Labute approximate surface area is 110 Å². The molecule has 0 aliphatic carbocycles. The van der Waals surface area contributed by atoms with E-state index in [-0.39, 0.29) is 11.8 Å². The second-order valence-corrected chi connectivity index (χ2v) is 7.34. The Morgan fingerprint density at radius 3 is 2.28 bits per heavy atom. The molecule has 0 radical (unpaired) electrons. The minimum Gasteiger partial charge on any atom is -0.343 e. The van der Waals surface area contributed by atoms with E-state index in [0.29, 0.717) is 19.5 Å². The number of nitrogens with zero attached hydrogens (tertiary/aromatic N) is 2. The van der Waals surface area contributed by atoms with Crippen LogP contribution in [0.3, 0.4) is 0 Å². The van der Waals surface area contributed by atoms with Crippen LogP contribution < -0.4 is 0 Å². The van der Waals surface area contributed by atoms with Crippen molar-refractivity contribution < 1.29 is 13.2 Å². The third-order valence-electron chi connectivity index (χ3n) is 3.07. The number of amides is 1. The molecule has 106 valence electrons. The summed E-state index contributed by atoms with van der Waals surface area (Å²) in [5.41, 5.74) is 0. The monoisotopic (exact) mass is 276 g/mol. The lowest BCUT2D eigenvalue weighted by Gasteiger charge is -2.23. The molecule has 0 aromatic heterocycles. The van der Waals surface area contributed by atoms with Crippen molar-refractivity contribution in [1.82, 2.24) is 9.21 Å². The molecule has 6 heteroatoms. The number of sulfonamides is 1. The summed E-state index contributed by atoms with van der Waals surface area (Å²) in [5, 5.41) is 0. The molecular weight excluding hydrogens is 252 g/mol. The Bertz CT molecular complexity index is 373. The first kappa shape index (κ1) is 15.4. The maximum atomic E-state index is 11.9. The van der Waals surface area contributed by atoms with E-state index in [0.717, 1.165) is 25.9 Å². The van der Waals surface area contributed by atoms with E-state index in [9.17, 15) is 13.2 Å². The predicted molar refractivity (Wildman–Crippen MR) is 71.7 cm³/mol. The smallest absolute Gasteiger partial charge is 0.223 e. The summed E-state index contributed by atoms with van der Waals surface area (Å²) < 4.78 is 24.6. The zero-order valence-corrected chi connectivity index (χ0v) is 12.4. The standard InChI is InChI=1S/C12H24N2O3S/c1-11(2)10-14(18(3,16)17)9-6-12(15)13-7-4-5-8-13/h11H,4-10H2,1-3H3. The zero-order chi connectivity index (χ0) is 13.8. The summed E-state index contributed by atoms with van der Waals surface area (Å²) in [7, 11) is -3.22. The fraction of sp³-hybridized carbons (Fsp3) is 0.917. The minimum absolute atomic E-state index is 0.0740. The molecule has 0 aromatic rings. The van der Waals surface area contributed by atoms with Crippen LogP contribution in [0, 0.1) is 5.92 Å². The van der Waals surface area contributed by atoms with E-state index < -0.39 is 10.0 Å². The topological polar surface area (TPSA) is 57.7 Å². The van der Waals surface area contributed by atoms with Gasteiger partial charge < -0.3 is 4.90 Å². The van der Waals surface area contributed by atoms with Gasteiger partial charge in [-0.1, -0.05) is 13.8 Å². The van der Waals surface area contributed by atoms with Crippen molar-refractivity contribution in [1.29, 1.82) is 0 Å². The molecular formula is C12H24N2O3S. The maximum absolute atomic E-state index is 11.9. The van der Waals surface area contributed by atoms with Crippen LogP contribution in [0.2, 0.25) is 0 Å². The van der Waals surface area contributed by atoms with Gasteiger partial charge in [0.25, 0.3) is 0 Å². The number of hydrogen-bond donors (Lipinski definition) is 0. The van der Waals surface area contributed by atoms with Crippen LogP contribution in [0.25, 0.3) is 0 Å². The van der Waals surface area contributed by atoms with Crippen molar-refractivity contribution in [2.24, 2.45) is 5.92 Å². The summed E-state index contributed by atoms with van der Waals surface area (Å²) in [6.07, 6.45) is 3.62. The van der Waals surface area contributed by atoms with Crippen molar-refractivity contribution >= 4 is 15.9 Å². The lowest BCUT2D eigenvalue weighted by molar-refractivity contribution is -0.130. The first-order valence-corrected chi connectivity index (χ1v) is 8.38. The summed E-state index contributed by atoms with van der Waals surface area (Å²) >= 11 is 0. The molecule has 0 N–H and O–H groups in total. The highest BCUT2D eigenvalue weighted by Gasteiger charge is 2.22. The normalized spacial score (nSPS) is 16.8. The van der Waals surface area contributed by atoms with Gasteiger partial charge in [0.15, 0.2) is 0 Å². The van der Waals surface area contributed by atoms with Gasteiger partial charge in [-0.2, -0.15) is 0 Å². The fourth-order valence-corrected chi connectivity index (χ4v) is 3.14. The van der Waals surface area contributed by atoms with Crippen LogP contribution in [0.1, 0.15) is 33.1 Å². The van der Waals surface area contributed by atoms with E-state index in [4.69, 9.17) is 0 Å². The molecule has 0 atom stereocenters. The molecule has 0 aromatic carbocycles. The summed E-state index contributed by atoms with van der Waals surface area (Å²) in [5.74, 6) is 0.339. The van der Waals surface area contributed by atoms with Gasteiger partial charge in [0.05, 0.1) is 6.26 Å². The summed E-state index contributed by atoms with van der Waals surface area (Å²) in [4.78, 5) is 13.7. The van der Waals surface area contributed by atoms with Gasteiger partial charge in [0, 0.05) is 32.6 Å². The van der Waals surface area contributed by atoms with Crippen LogP contribution >= 0.6 is 0 Å². The molecule has 18 heavy (non-hydrogen) atoms. The highest BCUT2D eigenvalue weighted by atomic mass is 32.2. The highest BCUT2D eigenvalue weighted by Crippen LogP contribution is 2.11. The van der Waals surface area contributed by atoms with Gasteiger partial charge in [-0.05, 0) is 18.8 Å². The summed E-state index contributed by atoms with van der Waals surface area (Å²) in [6, 6.07) is 0. The van der Waals surface area contributed by atoms with Gasteiger partial charge in [-0.3, -0.25) is 4.79 Å². The van der Waals surface area contributed by atoms with Crippen LogP contribution in [-0.4, -0.2) is 56.0 Å². The highest BCUT2D eigenvalue weighted by molar-refractivity contribution is 7.88. The predicted octanol–water partition coefficient (Wildman–Crippen LogP) is 0.917. The van der Waals surface area contributed by atoms with Crippen molar-refractivity contribution in [2.45, 2.75) is 33.1 Å². The van der Waals surface area contributed by atoms with Crippen molar-refractivity contribution in [3.8, 4) is 0 Å². The first-order chi connectivity index (χ1) is 8.30. The SMILES string of the molecule is CC(C)CN(CCC(=O)N1CCCC1)S(C)(=O)=O. The average Bonchev–Trinajstić information content (AvgIpc) is 2.74. The van der Waals surface area contributed by atoms with Crippen LogP contribution in [0.4, 0.5) is 0 Å². The molecule has 0 unspecified atom stereocenters. The fourth-order valence-electron chi connectivity index (χ4n) is 2.14. The number of hydrogen-bond acceptors (Lipinski definition) is 3. The molecule has 1 amide bonds. The van der Waals surface area contributed by atoms with Crippen molar-refractivity contribution in [3.05, 3.63) is 0 Å². The molecule has 0 spiro atoms. The van der Waals surface area contributed by atoms with Crippen LogP contribution in [-0.2, 0) is 14.8 Å². The summed E-state index contributed by atoms with van der Waals surface area (Å²) in [6.45, 7) is 6.36. The molecule has 0 bridgehead atoms. The minimum atomic E-state index is -3.22. The number of rotatable bonds is 6. The van der Waals surface area contributed by atoms with Crippen molar-refractivity contribution in [2.75, 3.05) is 32.4 Å². The quantitative estimate of drug-likeness (QED) is 0.725. The lowest BCUT2D eigenvalue weighted by Crippen LogP contribution is -2.37. The third kappa shape index (κ3) is 4.94. The Morgan fingerprint density at radius 2 is 1.83 bits per heavy atom. The zero-order valence-electron chi connectivity index (χ0n) is 11.6. The van der Waals surface area contributed by atoms with Gasteiger partial charge >= 0.3 is 0 Å². The Hall–Kier alpha value is -0.620. The van der Waals surface area contributed by atoms with Crippen molar-refractivity contribution in [3.63, 3.8) is 0 Å². The molecule has 1 aliphatic heterocycles. The number of likely N-dealkylation sites (tertiary alicyclic amines) is 1. The Morgan fingerprint density at radius 1 is 1.28 bits per heavy atom. The first-order valence-electron chi connectivity index (χ1n) is 6.53. The van der Waals surface area contributed by atoms with Gasteiger partial charge in [-0.15, -0.1) is 0 Å². The lowest BCUT2D eigenvalue weighted by atomic mass is 10.2. The van der Waals surface area contributed by atoms with Gasteiger partial charge in [0.2, 0.25) is 15.9 Å². The number of carbonyl (C=O) groups excluding carboxylic acids is 1. The van der Waals surface area contributed by atoms with E-state index in [2.05, 4.69) is 0 Å². The number of carbonyl (C=O) groups is 1. The van der Waals surface area contributed by atoms with E-state index >= 15 is 0 Å². The largest absolute Gasteiger partial charge is 0.343 e. The average molecular weight is 276 g/mol. The second-order valence-electron chi connectivity index (χ2n) is 5.35. The maximum Gasteiger partial charge on any atom is 0.223 e. The van der Waals surface area contributed by atoms with E-state index in [1.54, 1.807) is 0 Å². The van der Waals surface area contributed by atoms with E-state index in [1.165, 1.54) is 10.6 Å². The molecule has 1 heterocycles. The van der Waals surface area contributed by atoms with Gasteiger partial charge in [-0.25, -0.2) is 12.7 Å². The Balaban J connectivity index is 2.48. The molecule has 0 saturated carbocycles. The van der Waals surface area contributed by atoms with Crippen LogP contribution in [0.5, 0.6) is 0 Å². The molecule has 1 aliphatic rings. The van der Waals surface area contributed by atoms with E-state index in [1.807, 2.05) is 18.7 Å². The second kappa shape index (κ2) is 6.52. The Kier molecular flexibility index (Phi) is 5.59. The van der Waals surface area contributed by atoms with Gasteiger partial charge in [0.1, 0.15) is 0 Å². The molecule has 1 rings (SSSR count). The third-order valence-corrected chi connectivity index (χ3v) is 4.34. The molecule has 1 fully saturated rings. The molecule has 5 nitrogen and oxygen atoms in total.